The highest BCUT2D eigenvalue weighted by atomic mass is 16.6. The van der Waals surface area contributed by atoms with Crippen molar-refractivity contribution in [3.8, 4) is 33.6 Å². The molecule has 0 unspecified atom stereocenters. The van der Waals surface area contributed by atoms with Crippen LogP contribution in [0.5, 0.6) is 0 Å². The summed E-state index contributed by atoms with van der Waals surface area (Å²) in [5, 5.41) is 5.85. The zero-order valence-electron chi connectivity index (χ0n) is 25.0. The smallest absolute Gasteiger partial charge is 0.410 e. The highest BCUT2D eigenvalue weighted by Crippen LogP contribution is 2.34. The normalized spacial score (nSPS) is 18.9. The van der Waals surface area contributed by atoms with Gasteiger partial charge in [0.25, 0.3) is 0 Å². The van der Waals surface area contributed by atoms with Gasteiger partial charge in [-0.2, -0.15) is 0 Å². The molecule has 43 heavy (non-hydrogen) atoms. The van der Waals surface area contributed by atoms with Gasteiger partial charge in [-0.05, 0) is 92.6 Å². The number of rotatable bonds is 5. The standard InChI is InChI=1S/C35H38N6O2/c1-35(2,3)43-34(42)41-17-5-7-31(41)33-38-21-30(40-33)27-15-14-25-18-24(12-13-26(25)19-27)22-8-10-23(11-9-22)29-20-37-32(39-29)28-6-4-16-36-28/h8-15,18-21,28,31,36H,4-7,16-17H2,1-3H3,(H,37,39)(H,38,40)/t28-,31-/m0/s1. The van der Waals surface area contributed by atoms with Gasteiger partial charge in [0.2, 0.25) is 0 Å². The van der Waals surface area contributed by atoms with Crippen LogP contribution < -0.4 is 5.32 Å². The Kier molecular flexibility index (Phi) is 7.01. The fourth-order valence-electron chi connectivity index (χ4n) is 6.26. The van der Waals surface area contributed by atoms with E-state index >= 15 is 0 Å². The number of fused-ring (bicyclic) bond motifs is 1. The maximum Gasteiger partial charge on any atom is 0.410 e. The summed E-state index contributed by atoms with van der Waals surface area (Å²) in [6.07, 6.45) is 7.65. The Morgan fingerprint density at radius 1 is 0.791 bits per heavy atom. The number of amides is 1. The second kappa shape index (κ2) is 11.0. The van der Waals surface area contributed by atoms with Crippen molar-refractivity contribution in [2.45, 2.75) is 64.1 Å². The molecule has 3 N–H and O–H groups in total. The summed E-state index contributed by atoms with van der Waals surface area (Å²) in [7, 11) is 0. The predicted molar refractivity (Wildman–Crippen MR) is 169 cm³/mol. The largest absolute Gasteiger partial charge is 0.444 e. The first-order chi connectivity index (χ1) is 20.8. The Morgan fingerprint density at radius 2 is 1.42 bits per heavy atom. The van der Waals surface area contributed by atoms with Gasteiger partial charge in [-0.1, -0.05) is 48.5 Å². The monoisotopic (exact) mass is 574 g/mol. The molecular formula is C35H38N6O2. The van der Waals surface area contributed by atoms with Crippen LogP contribution in [-0.2, 0) is 4.74 Å². The van der Waals surface area contributed by atoms with Crippen molar-refractivity contribution in [3.63, 3.8) is 0 Å². The minimum absolute atomic E-state index is 0.0994. The van der Waals surface area contributed by atoms with Gasteiger partial charge < -0.3 is 20.0 Å². The van der Waals surface area contributed by atoms with Crippen molar-refractivity contribution >= 4 is 16.9 Å². The molecule has 2 aliphatic rings. The molecule has 8 nitrogen and oxygen atoms in total. The average molecular weight is 575 g/mol. The van der Waals surface area contributed by atoms with E-state index in [-0.39, 0.29) is 12.1 Å². The number of nitrogens with one attached hydrogen (secondary N) is 3. The number of H-pyrrole nitrogens is 2. The van der Waals surface area contributed by atoms with Crippen LogP contribution in [0, 0.1) is 0 Å². The Hall–Kier alpha value is -4.43. The van der Waals surface area contributed by atoms with Crippen LogP contribution >= 0.6 is 0 Å². The number of imidazole rings is 2. The molecule has 220 valence electrons. The Bertz CT molecular complexity index is 1760. The molecule has 3 aromatic carbocycles. The molecule has 0 spiro atoms. The topological polar surface area (TPSA) is 98.9 Å². The van der Waals surface area contributed by atoms with E-state index in [1.54, 1.807) is 4.90 Å². The Labute approximate surface area is 251 Å². The van der Waals surface area contributed by atoms with E-state index in [4.69, 9.17) is 4.74 Å². The van der Waals surface area contributed by atoms with Crippen LogP contribution in [0.3, 0.4) is 0 Å². The van der Waals surface area contributed by atoms with E-state index in [0.717, 1.165) is 65.4 Å². The third-order valence-electron chi connectivity index (χ3n) is 8.46. The fraction of sp³-hybridized carbons (Fsp3) is 0.343. The minimum Gasteiger partial charge on any atom is -0.444 e. The maximum atomic E-state index is 12.8. The quantitative estimate of drug-likeness (QED) is 0.199. The predicted octanol–water partition coefficient (Wildman–Crippen LogP) is 7.78. The molecule has 1 amide bonds. The average Bonchev–Trinajstić information content (AvgIpc) is 3.82. The molecule has 2 atom stereocenters. The first-order valence-corrected chi connectivity index (χ1v) is 15.3. The van der Waals surface area contributed by atoms with Gasteiger partial charge >= 0.3 is 6.09 Å². The molecule has 7 rings (SSSR count). The van der Waals surface area contributed by atoms with Gasteiger partial charge in [0.05, 0.1) is 35.9 Å². The third-order valence-corrected chi connectivity index (χ3v) is 8.46. The molecule has 0 aliphatic carbocycles. The summed E-state index contributed by atoms with van der Waals surface area (Å²) >= 11 is 0. The van der Waals surface area contributed by atoms with Crippen LogP contribution in [0.4, 0.5) is 4.79 Å². The van der Waals surface area contributed by atoms with Gasteiger partial charge in [0.1, 0.15) is 17.2 Å². The van der Waals surface area contributed by atoms with Crippen molar-refractivity contribution < 1.29 is 9.53 Å². The number of aromatic amines is 2. The first-order valence-electron chi connectivity index (χ1n) is 15.3. The van der Waals surface area contributed by atoms with E-state index in [0.29, 0.717) is 12.6 Å². The number of hydrogen-bond acceptors (Lipinski definition) is 5. The molecule has 5 aromatic rings. The molecule has 0 bridgehead atoms. The molecule has 4 heterocycles. The van der Waals surface area contributed by atoms with Gasteiger partial charge in [0, 0.05) is 12.1 Å². The molecular weight excluding hydrogens is 536 g/mol. The highest BCUT2D eigenvalue weighted by Gasteiger charge is 2.34. The van der Waals surface area contributed by atoms with E-state index in [1.165, 1.54) is 22.9 Å². The summed E-state index contributed by atoms with van der Waals surface area (Å²) in [5.74, 6) is 1.83. The van der Waals surface area contributed by atoms with Crippen molar-refractivity contribution in [1.29, 1.82) is 0 Å². The van der Waals surface area contributed by atoms with Crippen LogP contribution in [-0.4, -0.2) is 49.6 Å². The van der Waals surface area contributed by atoms with Crippen LogP contribution in [0.15, 0.2) is 73.1 Å². The fourth-order valence-corrected chi connectivity index (χ4v) is 6.26. The number of carbonyl (C=O) groups is 1. The van der Waals surface area contributed by atoms with E-state index in [2.05, 4.69) is 85.9 Å². The number of aromatic nitrogens is 4. The molecule has 0 radical (unpaired) electrons. The summed E-state index contributed by atoms with van der Waals surface area (Å²) in [6.45, 7) is 7.42. The molecule has 2 saturated heterocycles. The zero-order valence-corrected chi connectivity index (χ0v) is 25.0. The number of benzene rings is 3. The molecule has 8 heteroatoms. The van der Waals surface area contributed by atoms with E-state index < -0.39 is 5.60 Å². The number of carbonyl (C=O) groups excluding carboxylic acids is 1. The number of nitrogens with zero attached hydrogens (tertiary/aromatic N) is 3. The molecule has 2 fully saturated rings. The molecule has 2 aromatic heterocycles. The molecule has 2 aliphatic heterocycles. The van der Waals surface area contributed by atoms with Crippen LogP contribution in [0.2, 0.25) is 0 Å². The minimum atomic E-state index is -0.524. The van der Waals surface area contributed by atoms with Crippen molar-refractivity contribution in [3.05, 3.63) is 84.7 Å². The first kappa shape index (κ1) is 27.4. The summed E-state index contributed by atoms with van der Waals surface area (Å²) in [4.78, 5) is 30.9. The maximum absolute atomic E-state index is 12.8. The summed E-state index contributed by atoms with van der Waals surface area (Å²) in [6, 6.07) is 22.0. The lowest BCUT2D eigenvalue weighted by molar-refractivity contribution is 0.0218. The summed E-state index contributed by atoms with van der Waals surface area (Å²) < 4.78 is 5.64. The Balaban J connectivity index is 1.07. The summed E-state index contributed by atoms with van der Waals surface area (Å²) in [5.41, 5.74) is 6.03. The van der Waals surface area contributed by atoms with Gasteiger partial charge in [0.15, 0.2) is 0 Å². The van der Waals surface area contributed by atoms with E-state index in [1.807, 2.05) is 33.2 Å². The Morgan fingerprint density at radius 3 is 2.14 bits per heavy atom. The van der Waals surface area contributed by atoms with Crippen LogP contribution in [0.1, 0.15) is 70.2 Å². The van der Waals surface area contributed by atoms with E-state index in [9.17, 15) is 4.79 Å². The van der Waals surface area contributed by atoms with Gasteiger partial charge in [-0.15, -0.1) is 0 Å². The number of hydrogen-bond donors (Lipinski definition) is 3. The van der Waals surface area contributed by atoms with Crippen LogP contribution in [0.25, 0.3) is 44.4 Å². The molecule has 0 saturated carbocycles. The van der Waals surface area contributed by atoms with Gasteiger partial charge in [-0.25, -0.2) is 14.8 Å². The van der Waals surface area contributed by atoms with Crippen molar-refractivity contribution in [2.24, 2.45) is 0 Å². The third kappa shape index (κ3) is 5.67. The SMILES string of the molecule is CC(C)(C)OC(=O)N1CCC[C@H]1c1ncc(-c2ccc3cc(-c4ccc(-c5cnc([C@@H]6CCCN6)[nH]5)cc4)ccc3c2)[nH]1. The highest BCUT2D eigenvalue weighted by molar-refractivity contribution is 5.90. The lowest BCUT2D eigenvalue weighted by atomic mass is 9.98. The number of ether oxygens (including phenoxy) is 1. The second-order valence-corrected chi connectivity index (χ2v) is 12.7. The van der Waals surface area contributed by atoms with Crippen molar-refractivity contribution in [2.75, 3.05) is 13.1 Å². The lowest BCUT2D eigenvalue weighted by Gasteiger charge is -2.27. The zero-order chi connectivity index (χ0) is 29.6. The number of likely N-dealkylation sites (tertiary alicyclic amines) is 1. The van der Waals surface area contributed by atoms with Crippen molar-refractivity contribution in [1.82, 2.24) is 30.2 Å². The lowest BCUT2D eigenvalue weighted by Crippen LogP contribution is -2.36. The second-order valence-electron chi connectivity index (χ2n) is 12.7. The van der Waals surface area contributed by atoms with Gasteiger partial charge in [-0.3, -0.25) is 4.90 Å².